The molecule has 168 valence electrons. The van der Waals surface area contributed by atoms with Gasteiger partial charge in [-0.25, -0.2) is 18.7 Å². The minimum atomic E-state index is -4.00. The maximum absolute atomic E-state index is 12.9. The van der Waals surface area contributed by atoms with E-state index in [1.165, 1.54) is 36.8 Å². The Kier molecular flexibility index (Phi) is 7.64. The Morgan fingerprint density at radius 2 is 1.58 bits per heavy atom. The van der Waals surface area contributed by atoms with Crippen molar-refractivity contribution >= 4 is 21.8 Å². The van der Waals surface area contributed by atoms with Crippen molar-refractivity contribution in [2.45, 2.75) is 37.3 Å². The summed E-state index contributed by atoms with van der Waals surface area (Å²) in [5.41, 5.74) is 0.553. The number of hydrogen-bond donors (Lipinski definition) is 2. The summed E-state index contributed by atoms with van der Waals surface area (Å²) in [6, 6.07) is 13.1. The van der Waals surface area contributed by atoms with Gasteiger partial charge < -0.3 is 9.47 Å². The number of likely N-dealkylation sites (N-methyl/N-ethyl adjacent to an activating group) is 1. The second-order valence-corrected chi connectivity index (χ2v) is 9.79. The minimum absolute atomic E-state index is 0.0683. The molecule has 0 bridgehead atoms. The smallest absolute Gasteiger partial charge is 0.410 e. The first kappa shape index (κ1) is 24.2. The lowest BCUT2D eigenvalue weighted by Crippen LogP contribution is -2.51. The summed E-state index contributed by atoms with van der Waals surface area (Å²) >= 11 is 0. The fraction of sp³-hybridized carbons (Fsp3) is 0.333. The number of carbonyl (C=O) groups is 2. The number of amides is 2. The zero-order chi connectivity index (χ0) is 23.2. The van der Waals surface area contributed by atoms with Crippen LogP contribution in [0.15, 0.2) is 59.5 Å². The molecule has 1 unspecified atom stereocenters. The molecule has 10 heteroatoms. The number of hydrogen-bond acceptors (Lipinski definition) is 7. The van der Waals surface area contributed by atoms with Crippen molar-refractivity contribution in [3.8, 4) is 11.5 Å². The third-order valence-corrected chi connectivity index (χ3v) is 5.85. The third kappa shape index (κ3) is 6.97. The summed E-state index contributed by atoms with van der Waals surface area (Å²) in [6.45, 7) is 4.90. The van der Waals surface area contributed by atoms with Gasteiger partial charge in [0.15, 0.2) is 9.84 Å². The van der Waals surface area contributed by atoms with Crippen molar-refractivity contribution in [1.29, 1.82) is 0 Å². The second kappa shape index (κ2) is 9.80. The highest BCUT2D eigenvalue weighted by Crippen LogP contribution is 2.24. The SMILES string of the molecule is CN(C(=O)OC(C)(C)C)C(CS(=O)(=O)c1ccc(Oc2ccccc2)cc1)C(=O)NO. The van der Waals surface area contributed by atoms with E-state index in [1.807, 2.05) is 18.2 Å². The van der Waals surface area contributed by atoms with Gasteiger partial charge in [0.2, 0.25) is 0 Å². The first-order chi connectivity index (χ1) is 14.4. The van der Waals surface area contributed by atoms with Crippen LogP contribution in [-0.2, 0) is 19.4 Å². The standard InChI is InChI=1S/C21H26N2O7S/c1-21(2,3)30-20(25)23(4)18(19(24)22-26)14-31(27,28)17-12-10-16(11-13-17)29-15-8-6-5-7-9-15/h5-13,18,26H,14H2,1-4H3,(H,22,24). The van der Waals surface area contributed by atoms with Crippen molar-refractivity contribution in [2.24, 2.45) is 0 Å². The van der Waals surface area contributed by atoms with E-state index in [1.54, 1.807) is 32.9 Å². The molecular formula is C21H26N2O7S. The molecule has 0 radical (unpaired) electrons. The summed E-state index contributed by atoms with van der Waals surface area (Å²) in [6.07, 6.45) is -0.900. The quantitative estimate of drug-likeness (QED) is 0.491. The topological polar surface area (TPSA) is 122 Å². The number of ether oxygens (including phenoxy) is 2. The molecule has 0 aliphatic carbocycles. The summed E-state index contributed by atoms with van der Waals surface area (Å²) in [5.74, 6) is -0.785. The Labute approximate surface area is 181 Å². The van der Waals surface area contributed by atoms with Gasteiger partial charge >= 0.3 is 6.09 Å². The Morgan fingerprint density at radius 1 is 1.03 bits per heavy atom. The average molecular weight is 451 g/mol. The van der Waals surface area contributed by atoms with Crippen LogP contribution < -0.4 is 10.2 Å². The van der Waals surface area contributed by atoms with Crippen molar-refractivity contribution in [1.82, 2.24) is 10.4 Å². The van der Waals surface area contributed by atoms with E-state index in [0.29, 0.717) is 11.5 Å². The molecule has 2 N–H and O–H groups in total. The van der Waals surface area contributed by atoms with Gasteiger partial charge in [-0.15, -0.1) is 0 Å². The first-order valence-electron chi connectivity index (χ1n) is 9.38. The molecule has 1 atom stereocenters. The lowest BCUT2D eigenvalue weighted by Gasteiger charge is -2.29. The van der Waals surface area contributed by atoms with E-state index >= 15 is 0 Å². The summed E-state index contributed by atoms with van der Waals surface area (Å²) in [4.78, 5) is 25.2. The Bertz CT molecular complexity index is 1000. The molecule has 0 heterocycles. The predicted molar refractivity (Wildman–Crippen MR) is 113 cm³/mol. The fourth-order valence-electron chi connectivity index (χ4n) is 2.54. The molecule has 31 heavy (non-hydrogen) atoms. The molecule has 2 aromatic carbocycles. The van der Waals surface area contributed by atoms with E-state index in [9.17, 15) is 18.0 Å². The Morgan fingerprint density at radius 3 is 2.10 bits per heavy atom. The number of sulfone groups is 1. The van der Waals surface area contributed by atoms with Gasteiger partial charge in [-0.1, -0.05) is 18.2 Å². The van der Waals surface area contributed by atoms with E-state index in [0.717, 1.165) is 4.90 Å². The van der Waals surface area contributed by atoms with Crippen molar-refractivity contribution in [3.63, 3.8) is 0 Å². The van der Waals surface area contributed by atoms with Crippen LogP contribution in [0.4, 0.5) is 4.79 Å². The maximum Gasteiger partial charge on any atom is 0.410 e. The van der Waals surface area contributed by atoms with Gasteiger partial charge in [0.25, 0.3) is 5.91 Å². The van der Waals surface area contributed by atoms with Crippen LogP contribution in [0.5, 0.6) is 11.5 Å². The highest BCUT2D eigenvalue weighted by Gasteiger charge is 2.34. The van der Waals surface area contributed by atoms with E-state index in [2.05, 4.69) is 0 Å². The second-order valence-electron chi connectivity index (χ2n) is 7.75. The molecule has 9 nitrogen and oxygen atoms in total. The fourth-order valence-corrected chi connectivity index (χ4v) is 4.08. The number of nitrogens with zero attached hydrogens (tertiary/aromatic N) is 1. The van der Waals surface area contributed by atoms with Crippen LogP contribution in [0.2, 0.25) is 0 Å². The average Bonchev–Trinajstić information content (AvgIpc) is 2.71. The Hall–Kier alpha value is -3.11. The largest absolute Gasteiger partial charge is 0.457 e. The molecule has 0 spiro atoms. The molecule has 0 saturated heterocycles. The van der Waals surface area contributed by atoms with Gasteiger partial charge in [0, 0.05) is 7.05 Å². The van der Waals surface area contributed by atoms with Crippen LogP contribution in [0, 0.1) is 0 Å². The highest BCUT2D eigenvalue weighted by molar-refractivity contribution is 7.91. The van der Waals surface area contributed by atoms with Crippen LogP contribution in [0.25, 0.3) is 0 Å². The van der Waals surface area contributed by atoms with Gasteiger partial charge in [-0.3, -0.25) is 14.9 Å². The summed E-state index contributed by atoms with van der Waals surface area (Å²) < 4.78 is 36.5. The third-order valence-electron chi connectivity index (χ3n) is 4.10. The molecule has 2 rings (SSSR count). The molecule has 2 amide bonds. The highest BCUT2D eigenvalue weighted by atomic mass is 32.2. The van der Waals surface area contributed by atoms with E-state index in [4.69, 9.17) is 14.7 Å². The lowest BCUT2D eigenvalue weighted by atomic mass is 10.2. The van der Waals surface area contributed by atoms with Crippen LogP contribution in [0.1, 0.15) is 20.8 Å². The number of para-hydroxylation sites is 1. The number of rotatable bonds is 7. The van der Waals surface area contributed by atoms with Gasteiger partial charge in [-0.2, -0.15) is 0 Å². The van der Waals surface area contributed by atoms with E-state index < -0.39 is 39.2 Å². The number of nitrogens with one attached hydrogen (secondary N) is 1. The van der Waals surface area contributed by atoms with Gasteiger partial charge in [-0.05, 0) is 57.2 Å². The lowest BCUT2D eigenvalue weighted by molar-refractivity contribution is -0.133. The monoisotopic (exact) mass is 450 g/mol. The van der Waals surface area contributed by atoms with E-state index in [-0.39, 0.29) is 4.90 Å². The molecule has 0 aromatic heterocycles. The predicted octanol–water partition coefficient (Wildman–Crippen LogP) is 2.99. The first-order valence-corrected chi connectivity index (χ1v) is 11.0. The zero-order valence-electron chi connectivity index (χ0n) is 17.7. The molecule has 0 aliphatic heterocycles. The molecular weight excluding hydrogens is 424 g/mol. The van der Waals surface area contributed by atoms with Crippen LogP contribution >= 0.6 is 0 Å². The normalized spacial score (nSPS) is 12.5. The number of carbonyl (C=O) groups excluding carboxylic acids is 2. The summed E-state index contributed by atoms with van der Waals surface area (Å²) in [5, 5.41) is 9.02. The maximum atomic E-state index is 12.9. The minimum Gasteiger partial charge on any atom is -0.457 e. The van der Waals surface area contributed by atoms with Crippen LogP contribution in [-0.4, -0.2) is 55.0 Å². The molecule has 0 fully saturated rings. The zero-order valence-corrected chi connectivity index (χ0v) is 18.5. The van der Waals surface area contributed by atoms with Crippen LogP contribution in [0.3, 0.4) is 0 Å². The van der Waals surface area contributed by atoms with Gasteiger partial charge in [0.05, 0.1) is 10.6 Å². The number of benzene rings is 2. The molecule has 0 aliphatic rings. The number of hydroxylamine groups is 1. The summed E-state index contributed by atoms with van der Waals surface area (Å²) in [7, 11) is -2.78. The van der Waals surface area contributed by atoms with Gasteiger partial charge in [0.1, 0.15) is 23.1 Å². The van der Waals surface area contributed by atoms with Crippen molar-refractivity contribution in [2.75, 3.05) is 12.8 Å². The van der Waals surface area contributed by atoms with Crippen molar-refractivity contribution in [3.05, 3.63) is 54.6 Å². The molecule has 0 saturated carbocycles. The Balaban J connectivity index is 2.19. The molecule has 2 aromatic rings. The van der Waals surface area contributed by atoms with Crippen molar-refractivity contribution < 1.29 is 32.7 Å².